The molecule has 35 heavy (non-hydrogen) atoms. The molecule has 0 unspecified atom stereocenters. The van der Waals surface area contributed by atoms with Crippen molar-refractivity contribution < 1.29 is 4.79 Å². The van der Waals surface area contributed by atoms with Crippen molar-refractivity contribution in [1.82, 2.24) is 4.90 Å². The third-order valence-corrected chi connectivity index (χ3v) is 11.7. The van der Waals surface area contributed by atoms with Crippen LogP contribution in [0.5, 0.6) is 0 Å². The Bertz CT molecular complexity index is 1120. The van der Waals surface area contributed by atoms with E-state index in [4.69, 9.17) is 0 Å². The first-order valence-corrected chi connectivity index (χ1v) is 15.4. The van der Waals surface area contributed by atoms with Crippen LogP contribution in [0.25, 0.3) is 0 Å². The first kappa shape index (κ1) is 23.9. The first-order chi connectivity index (χ1) is 17.3. The number of nitrogens with zero attached hydrogens (tertiary/aromatic N) is 1. The predicted molar refractivity (Wildman–Crippen MR) is 153 cm³/mol. The number of likely N-dealkylation sites (tertiary alicyclic amines) is 1. The minimum absolute atomic E-state index is 0.303. The van der Waals surface area contributed by atoms with E-state index in [2.05, 4.69) is 126 Å². The number of hydrogen-bond donors (Lipinski definition) is 0. The molecule has 4 aromatic rings. The number of rotatable bonds is 8. The molecule has 0 radical (unpaired) electrons. The van der Waals surface area contributed by atoms with Crippen molar-refractivity contribution in [3.63, 3.8) is 0 Å². The largest absolute Gasteiger partial charge is 0.339 e. The molecule has 4 heteroatoms. The van der Waals surface area contributed by atoms with E-state index in [1.165, 1.54) is 21.2 Å². The fraction of sp³-hybridized carbons (Fsp3) is 0.194. The molecule has 176 valence electrons. The molecule has 1 aliphatic heterocycles. The second kappa shape index (κ2) is 11.8. The van der Waals surface area contributed by atoms with Crippen LogP contribution in [0.15, 0.2) is 121 Å². The van der Waals surface area contributed by atoms with Crippen molar-refractivity contribution in [2.75, 3.05) is 18.9 Å². The zero-order chi connectivity index (χ0) is 23.9. The van der Waals surface area contributed by atoms with Gasteiger partial charge < -0.3 is 4.90 Å². The summed E-state index contributed by atoms with van der Waals surface area (Å²) in [5, 5.41) is 5.33. The van der Waals surface area contributed by atoms with Gasteiger partial charge in [-0.15, -0.1) is 0 Å². The van der Waals surface area contributed by atoms with Crippen molar-refractivity contribution in [2.24, 2.45) is 0 Å². The first-order valence-electron chi connectivity index (χ1n) is 12.3. The third-order valence-electron chi connectivity index (χ3n) is 6.66. The lowest BCUT2D eigenvalue weighted by Crippen LogP contribution is -2.40. The number of amides is 1. The zero-order valence-corrected chi connectivity index (χ0v) is 21.7. The summed E-state index contributed by atoms with van der Waals surface area (Å²) < 4.78 is 0. The van der Waals surface area contributed by atoms with Crippen molar-refractivity contribution in [2.45, 2.75) is 18.9 Å². The fourth-order valence-electron chi connectivity index (χ4n) is 4.91. The van der Waals surface area contributed by atoms with Gasteiger partial charge in [0.15, 0.2) is 0 Å². The van der Waals surface area contributed by atoms with Crippen molar-refractivity contribution in [3.05, 3.63) is 121 Å². The maximum absolute atomic E-state index is 13.8. The molecular weight excluding hydrogens is 464 g/mol. The number of carbonyl (C=O) groups excluding carboxylic acids is 1. The molecule has 4 aromatic carbocycles. The molecule has 0 aromatic heterocycles. The minimum atomic E-state index is -0.719. The Labute approximate surface area is 211 Å². The van der Waals surface area contributed by atoms with Crippen LogP contribution in [0, 0.1) is 0 Å². The molecule has 1 heterocycles. The highest BCUT2D eigenvalue weighted by Crippen LogP contribution is 2.39. The fourth-order valence-corrected chi connectivity index (χ4v) is 9.68. The zero-order valence-electron chi connectivity index (χ0n) is 19.9. The molecule has 2 nitrogen and oxygen atoms in total. The number of carbonyl (C=O) groups is 1. The highest BCUT2D eigenvalue weighted by Gasteiger charge is 2.33. The Hall–Kier alpha value is -2.79. The second-order valence-corrected chi connectivity index (χ2v) is 13.4. The molecule has 0 bridgehead atoms. The van der Waals surface area contributed by atoms with Gasteiger partial charge >= 0.3 is 0 Å². The highest BCUT2D eigenvalue weighted by molar-refractivity contribution is 7.74. The maximum Gasteiger partial charge on any atom is 0.227 e. The van der Waals surface area contributed by atoms with Gasteiger partial charge in [0.25, 0.3) is 0 Å². The SMILES string of the molecule is O=C(CP(c1ccccc1)c1ccccc1)N1CCC[C@H]1CP(c1ccccc1)c1ccccc1. The maximum atomic E-state index is 13.8. The average molecular weight is 496 g/mol. The van der Waals surface area contributed by atoms with Gasteiger partial charge in [0, 0.05) is 12.6 Å². The molecule has 1 fully saturated rings. The lowest BCUT2D eigenvalue weighted by atomic mass is 10.2. The molecule has 5 rings (SSSR count). The Morgan fingerprint density at radius 2 is 1.03 bits per heavy atom. The van der Waals surface area contributed by atoms with E-state index < -0.39 is 15.8 Å². The molecule has 0 saturated carbocycles. The molecule has 1 saturated heterocycles. The Morgan fingerprint density at radius 1 is 0.629 bits per heavy atom. The van der Waals surface area contributed by atoms with Crippen molar-refractivity contribution >= 4 is 43.0 Å². The van der Waals surface area contributed by atoms with Crippen LogP contribution in [-0.2, 0) is 4.79 Å². The molecule has 1 amide bonds. The van der Waals surface area contributed by atoms with E-state index in [1.54, 1.807) is 0 Å². The molecule has 0 N–H and O–H groups in total. The van der Waals surface area contributed by atoms with E-state index in [9.17, 15) is 4.79 Å². The van der Waals surface area contributed by atoms with Crippen LogP contribution >= 0.6 is 15.8 Å². The monoisotopic (exact) mass is 495 g/mol. The lowest BCUT2D eigenvalue weighted by Gasteiger charge is -2.30. The smallest absolute Gasteiger partial charge is 0.227 e. The van der Waals surface area contributed by atoms with E-state index >= 15 is 0 Å². The van der Waals surface area contributed by atoms with Crippen LogP contribution in [0.4, 0.5) is 0 Å². The van der Waals surface area contributed by atoms with Crippen molar-refractivity contribution in [3.8, 4) is 0 Å². The van der Waals surface area contributed by atoms with E-state index in [-0.39, 0.29) is 0 Å². The summed E-state index contributed by atoms with van der Waals surface area (Å²) in [6.45, 7) is 0.878. The van der Waals surface area contributed by atoms with Gasteiger partial charge in [-0.2, -0.15) is 0 Å². The molecule has 0 aliphatic carbocycles. The van der Waals surface area contributed by atoms with Crippen LogP contribution in [-0.4, -0.2) is 35.7 Å². The van der Waals surface area contributed by atoms with Crippen LogP contribution in [0.2, 0.25) is 0 Å². The van der Waals surface area contributed by atoms with E-state index in [0.29, 0.717) is 18.1 Å². The standard InChI is InChI=1S/C31H31NOP2/c33-31(25-35(29-19-9-3-10-20-29)30-21-11-4-12-22-30)32-23-13-14-26(32)24-34(27-15-5-1-6-16-27)28-17-7-2-8-18-28/h1-12,15-22,26H,13-14,23-25H2/t26-/m0/s1. The summed E-state index contributed by atoms with van der Waals surface area (Å²) in [5.74, 6) is 0.308. The second-order valence-electron chi connectivity index (χ2n) is 8.92. The quantitative estimate of drug-likeness (QED) is 0.306. The van der Waals surface area contributed by atoms with Gasteiger partial charge in [-0.05, 0) is 56.1 Å². The summed E-state index contributed by atoms with van der Waals surface area (Å²) in [7, 11) is -1.23. The van der Waals surface area contributed by atoms with Crippen LogP contribution in [0.3, 0.4) is 0 Å². The van der Waals surface area contributed by atoms with E-state index in [0.717, 1.165) is 25.5 Å². The van der Waals surface area contributed by atoms with Crippen molar-refractivity contribution in [1.29, 1.82) is 0 Å². The highest BCUT2D eigenvalue weighted by atomic mass is 31.1. The summed E-state index contributed by atoms with van der Waals surface area (Å²) >= 11 is 0. The summed E-state index contributed by atoms with van der Waals surface area (Å²) in [4.78, 5) is 16.0. The average Bonchev–Trinajstić information content (AvgIpc) is 3.41. The predicted octanol–water partition coefficient (Wildman–Crippen LogP) is 5.24. The van der Waals surface area contributed by atoms with E-state index in [1.807, 2.05) is 0 Å². The minimum Gasteiger partial charge on any atom is -0.339 e. The van der Waals surface area contributed by atoms with Gasteiger partial charge in [0.05, 0.1) is 6.16 Å². The van der Waals surface area contributed by atoms with Gasteiger partial charge in [0.2, 0.25) is 5.91 Å². The Balaban J connectivity index is 1.38. The van der Waals surface area contributed by atoms with Crippen LogP contribution < -0.4 is 21.2 Å². The molecule has 1 aliphatic rings. The summed E-state index contributed by atoms with van der Waals surface area (Å²) in [6, 6.07) is 43.2. The molecular formula is C31H31NOP2. The van der Waals surface area contributed by atoms with Gasteiger partial charge in [-0.25, -0.2) is 0 Å². The third kappa shape index (κ3) is 5.90. The van der Waals surface area contributed by atoms with Crippen LogP contribution in [0.1, 0.15) is 12.8 Å². The molecule has 1 atom stereocenters. The topological polar surface area (TPSA) is 20.3 Å². The summed E-state index contributed by atoms with van der Waals surface area (Å²) in [5.41, 5.74) is 0. The Morgan fingerprint density at radius 3 is 1.46 bits per heavy atom. The number of hydrogen-bond acceptors (Lipinski definition) is 1. The Kier molecular flexibility index (Phi) is 8.04. The molecule has 0 spiro atoms. The van der Waals surface area contributed by atoms with Gasteiger partial charge in [-0.3, -0.25) is 4.79 Å². The normalized spacial score (nSPS) is 15.6. The lowest BCUT2D eigenvalue weighted by molar-refractivity contribution is -0.128. The summed E-state index contributed by atoms with van der Waals surface area (Å²) in [6.07, 6.45) is 3.80. The number of benzene rings is 4. The van der Waals surface area contributed by atoms with Gasteiger partial charge in [0.1, 0.15) is 0 Å². The van der Waals surface area contributed by atoms with Gasteiger partial charge in [-0.1, -0.05) is 121 Å².